The summed E-state index contributed by atoms with van der Waals surface area (Å²) in [5.74, 6) is 0. The maximum absolute atomic E-state index is 11.9. The number of para-hydroxylation sites is 2. The van der Waals surface area contributed by atoms with Crippen LogP contribution in [-0.4, -0.2) is 30.8 Å². The Kier molecular flexibility index (Phi) is 5.07. The van der Waals surface area contributed by atoms with E-state index in [1.165, 1.54) is 6.42 Å². The van der Waals surface area contributed by atoms with Crippen LogP contribution in [0.3, 0.4) is 0 Å². The highest BCUT2D eigenvalue weighted by Crippen LogP contribution is 2.23. The number of benzene rings is 1. The molecule has 2 rings (SSSR count). The predicted molar refractivity (Wildman–Crippen MR) is 85.8 cm³/mol. The lowest BCUT2D eigenvalue weighted by Gasteiger charge is -2.26. The zero-order valence-electron chi connectivity index (χ0n) is 13.0. The van der Waals surface area contributed by atoms with Gasteiger partial charge in [-0.3, -0.25) is 5.32 Å². The molecule has 21 heavy (non-hydrogen) atoms. The Morgan fingerprint density at radius 1 is 1.29 bits per heavy atom. The summed E-state index contributed by atoms with van der Waals surface area (Å²) in [6, 6.07) is 8.10. The first-order valence-electron chi connectivity index (χ1n) is 7.50. The molecule has 0 radical (unpaired) electrons. The van der Waals surface area contributed by atoms with Gasteiger partial charge in [-0.2, -0.15) is 0 Å². The van der Waals surface area contributed by atoms with Gasteiger partial charge in [-0.05, 0) is 52.3 Å². The Labute approximate surface area is 126 Å². The van der Waals surface area contributed by atoms with Gasteiger partial charge in [0.2, 0.25) is 0 Å². The standard InChI is InChI=1S/C16H25N3O2/c1-16(2,3)21-15(20)19-14-9-5-4-8-13(14)18-12-7-6-10-17-11-12/h4-5,8-9,12,17-18H,6-7,10-11H2,1-3H3,(H,19,20). The zero-order valence-corrected chi connectivity index (χ0v) is 13.0. The van der Waals surface area contributed by atoms with Gasteiger partial charge in [0.05, 0.1) is 11.4 Å². The molecule has 5 heteroatoms. The number of carbonyl (C=O) groups excluding carboxylic acids is 1. The number of nitrogens with one attached hydrogen (secondary N) is 3. The fourth-order valence-corrected chi connectivity index (χ4v) is 2.33. The molecule has 0 bridgehead atoms. The van der Waals surface area contributed by atoms with Gasteiger partial charge in [0, 0.05) is 12.6 Å². The van der Waals surface area contributed by atoms with Crippen LogP contribution in [0.5, 0.6) is 0 Å². The number of piperidine rings is 1. The minimum absolute atomic E-state index is 0.389. The molecule has 0 aromatic heterocycles. The van der Waals surface area contributed by atoms with Gasteiger partial charge >= 0.3 is 6.09 Å². The van der Waals surface area contributed by atoms with E-state index < -0.39 is 11.7 Å². The Morgan fingerprint density at radius 2 is 2.00 bits per heavy atom. The van der Waals surface area contributed by atoms with Gasteiger partial charge in [0.15, 0.2) is 0 Å². The summed E-state index contributed by atoms with van der Waals surface area (Å²) in [5.41, 5.74) is 1.18. The van der Waals surface area contributed by atoms with Crippen LogP contribution >= 0.6 is 0 Å². The number of amides is 1. The van der Waals surface area contributed by atoms with Gasteiger partial charge in [-0.15, -0.1) is 0 Å². The van der Waals surface area contributed by atoms with Gasteiger partial charge < -0.3 is 15.4 Å². The van der Waals surface area contributed by atoms with Crippen molar-refractivity contribution in [2.75, 3.05) is 23.7 Å². The molecule has 116 valence electrons. The Balaban J connectivity index is 2.00. The topological polar surface area (TPSA) is 62.4 Å². The van der Waals surface area contributed by atoms with Crippen molar-refractivity contribution in [3.05, 3.63) is 24.3 Å². The minimum Gasteiger partial charge on any atom is -0.444 e. The SMILES string of the molecule is CC(C)(C)OC(=O)Nc1ccccc1NC1CCCNC1. The molecule has 0 aliphatic carbocycles. The van der Waals surface area contributed by atoms with Crippen molar-refractivity contribution in [1.29, 1.82) is 0 Å². The van der Waals surface area contributed by atoms with Crippen LogP contribution in [-0.2, 0) is 4.74 Å². The molecular weight excluding hydrogens is 266 g/mol. The third kappa shape index (κ3) is 5.27. The van der Waals surface area contributed by atoms with Crippen molar-refractivity contribution < 1.29 is 9.53 Å². The third-order valence-electron chi connectivity index (χ3n) is 3.22. The molecule has 1 saturated heterocycles. The summed E-state index contributed by atoms with van der Waals surface area (Å²) < 4.78 is 5.30. The monoisotopic (exact) mass is 291 g/mol. The zero-order chi connectivity index (χ0) is 15.3. The number of anilines is 2. The third-order valence-corrected chi connectivity index (χ3v) is 3.22. The van der Waals surface area contributed by atoms with Crippen LogP contribution in [0, 0.1) is 0 Å². The molecule has 0 spiro atoms. The first-order valence-corrected chi connectivity index (χ1v) is 7.50. The van der Waals surface area contributed by atoms with E-state index in [0.29, 0.717) is 6.04 Å². The van der Waals surface area contributed by atoms with E-state index in [1.807, 2.05) is 45.0 Å². The number of rotatable bonds is 3. The summed E-state index contributed by atoms with van der Waals surface area (Å²) in [5, 5.41) is 9.67. The van der Waals surface area contributed by atoms with Crippen LogP contribution in [0.4, 0.5) is 16.2 Å². The molecular formula is C16H25N3O2. The summed E-state index contributed by atoms with van der Waals surface area (Å²) >= 11 is 0. The van der Waals surface area contributed by atoms with Crippen LogP contribution in [0.25, 0.3) is 0 Å². The summed E-state index contributed by atoms with van der Waals surface area (Å²) in [4.78, 5) is 11.9. The smallest absolute Gasteiger partial charge is 0.412 e. The quantitative estimate of drug-likeness (QED) is 0.800. The predicted octanol–water partition coefficient (Wildman–Crippen LogP) is 3.20. The lowest BCUT2D eigenvalue weighted by Crippen LogP contribution is -2.38. The molecule has 1 aromatic rings. The second kappa shape index (κ2) is 6.80. The molecule has 1 aliphatic rings. The highest BCUT2D eigenvalue weighted by Gasteiger charge is 2.18. The second-order valence-electron chi connectivity index (χ2n) is 6.36. The van der Waals surface area contributed by atoms with Crippen LogP contribution in [0.15, 0.2) is 24.3 Å². The van der Waals surface area contributed by atoms with Crippen molar-refractivity contribution in [3.63, 3.8) is 0 Å². The molecule has 1 unspecified atom stereocenters. The maximum Gasteiger partial charge on any atom is 0.412 e. The Bertz CT molecular complexity index is 477. The lowest BCUT2D eigenvalue weighted by molar-refractivity contribution is 0.0636. The van der Waals surface area contributed by atoms with Crippen LogP contribution in [0.1, 0.15) is 33.6 Å². The molecule has 1 heterocycles. The first kappa shape index (κ1) is 15.6. The van der Waals surface area contributed by atoms with E-state index in [4.69, 9.17) is 4.74 Å². The highest BCUT2D eigenvalue weighted by molar-refractivity contribution is 5.89. The summed E-state index contributed by atoms with van der Waals surface area (Å²) in [6.45, 7) is 7.58. The number of hydrogen-bond acceptors (Lipinski definition) is 4. The van der Waals surface area contributed by atoms with Crippen LogP contribution in [0.2, 0.25) is 0 Å². The van der Waals surface area contributed by atoms with Crippen molar-refractivity contribution in [3.8, 4) is 0 Å². The first-order chi connectivity index (χ1) is 9.94. The van der Waals surface area contributed by atoms with Crippen molar-refractivity contribution in [2.24, 2.45) is 0 Å². The summed E-state index contributed by atoms with van der Waals surface area (Å²) in [6.07, 6.45) is 1.87. The average molecular weight is 291 g/mol. The fraction of sp³-hybridized carbons (Fsp3) is 0.562. The molecule has 5 nitrogen and oxygen atoms in total. The van der Waals surface area contributed by atoms with Gasteiger partial charge in [0.1, 0.15) is 5.60 Å². The Hall–Kier alpha value is -1.75. The highest BCUT2D eigenvalue weighted by atomic mass is 16.6. The fourth-order valence-electron chi connectivity index (χ4n) is 2.33. The molecule has 1 atom stereocenters. The second-order valence-corrected chi connectivity index (χ2v) is 6.36. The van der Waals surface area contributed by atoms with Crippen LogP contribution < -0.4 is 16.0 Å². The van der Waals surface area contributed by atoms with Gasteiger partial charge in [0.25, 0.3) is 0 Å². The molecule has 1 fully saturated rings. The van der Waals surface area contributed by atoms with E-state index in [1.54, 1.807) is 0 Å². The van der Waals surface area contributed by atoms with E-state index >= 15 is 0 Å². The van der Waals surface area contributed by atoms with E-state index in [9.17, 15) is 4.79 Å². The molecule has 0 saturated carbocycles. The van der Waals surface area contributed by atoms with E-state index in [0.717, 1.165) is 30.9 Å². The number of ether oxygens (including phenoxy) is 1. The van der Waals surface area contributed by atoms with Crippen molar-refractivity contribution >= 4 is 17.5 Å². The largest absolute Gasteiger partial charge is 0.444 e. The summed E-state index contributed by atoms with van der Waals surface area (Å²) in [7, 11) is 0. The molecule has 3 N–H and O–H groups in total. The van der Waals surface area contributed by atoms with Crippen molar-refractivity contribution in [1.82, 2.24) is 5.32 Å². The van der Waals surface area contributed by atoms with Gasteiger partial charge in [-0.1, -0.05) is 12.1 Å². The van der Waals surface area contributed by atoms with Gasteiger partial charge in [-0.25, -0.2) is 4.79 Å². The number of hydrogen-bond donors (Lipinski definition) is 3. The number of carbonyl (C=O) groups is 1. The molecule has 1 aromatic carbocycles. The maximum atomic E-state index is 11.9. The van der Waals surface area contributed by atoms with E-state index in [-0.39, 0.29) is 0 Å². The van der Waals surface area contributed by atoms with Crippen molar-refractivity contribution in [2.45, 2.75) is 45.3 Å². The molecule has 1 amide bonds. The minimum atomic E-state index is -0.500. The van der Waals surface area contributed by atoms with E-state index in [2.05, 4.69) is 16.0 Å². The lowest BCUT2D eigenvalue weighted by atomic mass is 10.1. The molecule has 1 aliphatic heterocycles. The average Bonchev–Trinajstić information content (AvgIpc) is 2.40. The normalized spacial score (nSPS) is 18.9. The Morgan fingerprint density at radius 3 is 2.62 bits per heavy atom.